The molecule has 0 aliphatic carbocycles. The minimum atomic E-state index is 0.259. The Morgan fingerprint density at radius 1 is 0.406 bits per heavy atom. The Kier molecular flexibility index (Phi) is 28.0. The van der Waals surface area contributed by atoms with Gasteiger partial charge >= 0.3 is 0 Å². The molecule has 0 fully saturated rings. The number of carbonyl (C=O) groups excluding carboxylic acids is 1. The van der Waals surface area contributed by atoms with E-state index in [2.05, 4.69) is 19.2 Å². The highest BCUT2D eigenvalue weighted by Crippen LogP contribution is 2.15. The lowest BCUT2D eigenvalue weighted by Gasteiger charge is -2.05. The maximum absolute atomic E-state index is 11.7. The van der Waals surface area contributed by atoms with E-state index in [-0.39, 0.29) is 5.91 Å². The normalized spacial score (nSPS) is 11.2. The molecule has 0 aromatic rings. The van der Waals surface area contributed by atoms with E-state index in [1.807, 2.05) is 0 Å². The number of hydrogen-bond donors (Lipinski definition) is 1. The third-order valence-corrected chi connectivity index (χ3v) is 6.86. The second kappa shape index (κ2) is 28.5. The average Bonchev–Trinajstić information content (AvgIpc) is 2.80. The molecule has 2 nitrogen and oxygen atoms in total. The van der Waals surface area contributed by atoms with Crippen molar-refractivity contribution in [2.24, 2.45) is 0 Å². The van der Waals surface area contributed by atoms with Crippen molar-refractivity contribution in [3.63, 3.8) is 0 Å². The fourth-order valence-electron chi connectivity index (χ4n) is 4.59. The van der Waals surface area contributed by atoms with E-state index in [1.54, 1.807) is 0 Å². The molecule has 1 N–H and O–H groups in total. The van der Waals surface area contributed by atoms with E-state index in [9.17, 15) is 4.79 Å². The fraction of sp³-hybridized carbons (Fsp3) is 0.967. The van der Waals surface area contributed by atoms with Gasteiger partial charge in [-0.1, -0.05) is 162 Å². The summed E-state index contributed by atoms with van der Waals surface area (Å²) in [5.41, 5.74) is 0. The van der Waals surface area contributed by atoms with Gasteiger partial charge in [-0.05, 0) is 12.8 Å². The fourth-order valence-corrected chi connectivity index (χ4v) is 4.59. The molecule has 0 aromatic heterocycles. The van der Waals surface area contributed by atoms with Gasteiger partial charge < -0.3 is 5.32 Å². The van der Waals surface area contributed by atoms with Crippen molar-refractivity contribution >= 4 is 5.91 Å². The van der Waals surface area contributed by atoms with Crippen LogP contribution in [0.4, 0.5) is 0 Å². The van der Waals surface area contributed by atoms with Crippen LogP contribution in [-0.2, 0) is 4.79 Å². The average molecular weight is 452 g/mol. The molecular weight excluding hydrogens is 390 g/mol. The zero-order chi connectivity index (χ0) is 23.4. The standard InChI is InChI=1S/C30H61NO/c1-3-5-7-8-9-10-11-12-13-14-15-16-17-18-19-20-21-22-23-24-25-26-28-30(32)31-29-27-6-4-2/h3-29H2,1-2H3,(H,31,32). The molecule has 32 heavy (non-hydrogen) atoms. The summed E-state index contributed by atoms with van der Waals surface area (Å²) in [5.74, 6) is 0.259. The van der Waals surface area contributed by atoms with Crippen molar-refractivity contribution in [3.8, 4) is 0 Å². The molecule has 0 heterocycles. The summed E-state index contributed by atoms with van der Waals surface area (Å²) in [6.07, 6.45) is 35.3. The molecule has 0 spiro atoms. The van der Waals surface area contributed by atoms with Crippen LogP contribution in [0.3, 0.4) is 0 Å². The highest BCUT2D eigenvalue weighted by atomic mass is 16.1. The molecule has 0 saturated heterocycles. The van der Waals surface area contributed by atoms with Gasteiger partial charge in [-0.2, -0.15) is 0 Å². The van der Waals surface area contributed by atoms with Gasteiger partial charge in [0.15, 0.2) is 0 Å². The Balaban J connectivity index is 3.07. The van der Waals surface area contributed by atoms with Crippen LogP contribution in [0.25, 0.3) is 0 Å². The summed E-state index contributed by atoms with van der Waals surface area (Å²) in [6.45, 7) is 5.36. The van der Waals surface area contributed by atoms with E-state index in [0.29, 0.717) is 0 Å². The predicted molar refractivity (Wildman–Crippen MR) is 144 cm³/mol. The van der Waals surface area contributed by atoms with Crippen molar-refractivity contribution in [1.29, 1.82) is 0 Å². The van der Waals surface area contributed by atoms with Crippen molar-refractivity contribution < 1.29 is 4.79 Å². The van der Waals surface area contributed by atoms with Crippen LogP contribution >= 0.6 is 0 Å². The summed E-state index contributed by atoms with van der Waals surface area (Å²) in [4.78, 5) is 11.7. The molecule has 0 bridgehead atoms. The molecule has 0 aliphatic rings. The van der Waals surface area contributed by atoms with E-state index in [0.717, 1.165) is 25.8 Å². The zero-order valence-corrected chi connectivity index (χ0v) is 22.5. The summed E-state index contributed by atoms with van der Waals surface area (Å²) < 4.78 is 0. The number of rotatable bonds is 27. The second-order valence-electron chi connectivity index (χ2n) is 10.2. The lowest BCUT2D eigenvalue weighted by Crippen LogP contribution is -2.23. The molecule has 1 amide bonds. The van der Waals surface area contributed by atoms with Crippen LogP contribution < -0.4 is 5.32 Å². The van der Waals surface area contributed by atoms with Gasteiger partial charge in [0.1, 0.15) is 0 Å². The monoisotopic (exact) mass is 451 g/mol. The van der Waals surface area contributed by atoms with E-state index < -0.39 is 0 Å². The summed E-state index contributed by atoms with van der Waals surface area (Å²) >= 11 is 0. The van der Waals surface area contributed by atoms with Gasteiger partial charge in [-0.15, -0.1) is 0 Å². The molecule has 0 saturated carbocycles. The van der Waals surface area contributed by atoms with Gasteiger partial charge in [-0.3, -0.25) is 4.79 Å². The lowest BCUT2D eigenvalue weighted by molar-refractivity contribution is -0.121. The number of amides is 1. The van der Waals surface area contributed by atoms with Crippen LogP contribution in [-0.4, -0.2) is 12.5 Å². The molecule has 0 unspecified atom stereocenters. The van der Waals surface area contributed by atoms with E-state index in [4.69, 9.17) is 0 Å². The first-order valence-corrected chi connectivity index (χ1v) is 15.1. The van der Waals surface area contributed by atoms with E-state index >= 15 is 0 Å². The molecule has 0 atom stereocenters. The van der Waals surface area contributed by atoms with Gasteiger partial charge in [-0.25, -0.2) is 0 Å². The molecule has 0 radical (unpaired) electrons. The van der Waals surface area contributed by atoms with Crippen LogP contribution in [0.1, 0.15) is 181 Å². The highest BCUT2D eigenvalue weighted by molar-refractivity contribution is 5.75. The first-order chi connectivity index (χ1) is 15.8. The second-order valence-corrected chi connectivity index (χ2v) is 10.2. The Bertz CT molecular complexity index is 355. The van der Waals surface area contributed by atoms with Crippen molar-refractivity contribution in [3.05, 3.63) is 0 Å². The number of nitrogens with one attached hydrogen (secondary N) is 1. The summed E-state index contributed by atoms with van der Waals surface area (Å²) in [7, 11) is 0. The van der Waals surface area contributed by atoms with Crippen LogP contribution in [0.5, 0.6) is 0 Å². The Labute approximate surface area is 203 Å². The van der Waals surface area contributed by atoms with Crippen molar-refractivity contribution in [2.75, 3.05) is 6.54 Å². The Hall–Kier alpha value is -0.530. The predicted octanol–water partition coefficient (Wildman–Crippen LogP) is 10.3. The molecule has 0 rings (SSSR count). The summed E-state index contributed by atoms with van der Waals surface area (Å²) in [6, 6.07) is 0. The molecule has 0 aliphatic heterocycles. The zero-order valence-electron chi connectivity index (χ0n) is 22.5. The van der Waals surface area contributed by atoms with Crippen LogP contribution in [0, 0.1) is 0 Å². The van der Waals surface area contributed by atoms with Gasteiger partial charge in [0.2, 0.25) is 5.91 Å². The minimum Gasteiger partial charge on any atom is -0.356 e. The number of hydrogen-bond acceptors (Lipinski definition) is 1. The van der Waals surface area contributed by atoms with Crippen molar-refractivity contribution in [1.82, 2.24) is 5.32 Å². The van der Waals surface area contributed by atoms with Gasteiger partial charge in [0.05, 0.1) is 0 Å². The van der Waals surface area contributed by atoms with E-state index in [1.165, 1.54) is 148 Å². The molecule has 192 valence electrons. The van der Waals surface area contributed by atoms with Gasteiger partial charge in [0.25, 0.3) is 0 Å². The lowest BCUT2D eigenvalue weighted by atomic mass is 10.0. The third kappa shape index (κ3) is 27.5. The van der Waals surface area contributed by atoms with Crippen LogP contribution in [0.2, 0.25) is 0 Å². The first kappa shape index (κ1) is 31.5. The topological polar surface area (TPSA) is 29.1 Å². The third-order valence-electron chi connectivity index (χ3n) is 6.86. The number of unbranched alkanes of at least 4 members (excludes halogenated alkanes) is 23. The SMILES string of the molecule is CCCCCCCCCCCCCCCCCCCCCCCCC(=O)NCCCCC. The molecule has 0 aromatic carbocycles. The highest BCUT2D eigenvalue weighted by Gasteiger charge is 2.00. The largest absolute Gasteiger partial charge is 0.356 e. The molecule has 2 heteroatoms. The minimum absolute atomic E-state index is 0.259. The van der Waals surface area contributed by atoms with Crippen molar-refractivity contribution in [2.45, 2.75) is 181 Å². The quantitative estimate of drug-likeness (QED) is 0.124. The molecular formula is C30H61NO. The first-order valence-electron chi connectivity index (χ1n) is 15.1. The maximum atomic E-state index is 11.7. The van der Waals surface area contributed by atoms with Crippen LogP contribution in [0.15, 0.2) is 0 Å². The Morgan fingerprint density at radius 3 is 1.03 bits per heavy atom. The summed E-state index contributed by atoms with van der Waals surface area (Å²) in [5, 5.41) is 3.04. The Morgan fingerprint density at radius 2 is 0.688 bits per heavy atom. The maximum Gasteiger partial charge on any atom is 0.219 e. The van der Waals surface area contributed by atoms with Gasteiger partial charge in [0, 0.05) is 13.0 Å². The number of carbonyl (C=O) groups is 1. The smallest absolute Gasteiger partial charge is 0.219 e.